The molecular formula is C58H114B2N2O13. The van der Waals surface area contributed by atoms with Crippen LogP contribution in [0.2, 0.25) is 13.6 Å². The summed E-state index contributed by atoms with van der Waals surface area (Å²) in [6.45, 7) is 13.4. The van der Waals surface area contributed by atoms with E-state index in [0.717, 1.165) is 26.1 Å². The molecule has 0 bridgehead atoms. The zero-order valence-electron chi connectivity index (χ0n) is 48.8. The first-order chi connectivity index (χ1) is 36.7. The van der Waals surface area contributed by atoms with Crippen molar-refractivity contribution in [2.24, 2.45) is 0 Å². The van der Waals surface area contributed by atoms with Crippen LogP contribution in [0.5, 0.6) is 0 Å². The van der Waals surface area contributed by atoms with Crippen LogP contribution in [-0.4, -0.2) is 178 Å². The van der Waals surface area contributed by atoms with E-state index in [4.69, 9.17) is 42.6 Å². The number of nitrogens with zero attached hydrogens (tertiary/aromatic N) is 2. The van der Waals surface area contributed by atoms with Crippen molar-refractivity contribution >= 4 is 26.0 Å². The summed E-state index contributed by atoms with van der Waals surface area (Å²) in [6, 6.07) is 0. The lowest BCUT2D eigenvalue weighted by Gasteiger charge is -2.23. The number of hydrogen-bond acceptors (Lipinski definition) is 15. The molecule has 75 heavy (non-hydrogen) atoms. The Hall–Kier alpha value is -1.89. The van der Waals surface area contributed by atoms with Gasteiger partial charge in [-0.2, -0.15) is 0 Å². The van der Waals surface area contributed by atoms with Crippen LogP contribution in [0.4, 0.5) is 0 Å². The van der Waals surface area contributed by atoms with Crippen LogP contribution in [0.25, 0.3) is 0 Å². The number of esters is 2. The Morgan fingerprint density at radius 1 is 0.413 bits per heavy atom. The highest BCUT2D eigenvalue weighted by atomic mass is 16.6. The van der Waals surface area contributed by atoms with Gasteiger partial charge in [-0.15, -0.1) is 0 Å². The molecule has 1 unspecified atom stereocenters. The fourth-order valence-electron chi connectivity index (χ4n) is 8.20. The highest BCUT2D eigenvalue weighted by Crippen LogP contribution is 2.13. The summed E-state index contributed by atoms with van der Waals surface area (Å²) >= 11 is 0. The van der Waals surface area contributed by atoms with Gasteiger partial charge < -0.3 is 62.3 Å². The van der Waals surface area contributed by atoms with Crippen molar-refractivity contribution in [1.82, 2.24) is 9.62 Å². The second-order valence-corrected chi connectivity index (χ2v) is 20.0. The van der Waals surface area contributed by atoms with Crippen LogP contribution < -0.4 is 0 Å². The summed E-state index contributed by atoms with van der Waals surface area (Å²) < 4.78 is 50.7. The summed E-state index contributed by atoms with van der Waals surface area (Å²) in [5, 5.41) is 19.9. The molecule has 0 spiro atoms. The topological polar surface area (TPSA) is 164 Å². The number of allylic oxidation sites excluding steroid dienone is 4. The molecule has 0 aliphatic carbocycles. The quantitative estimate of drug-likeness (QED) is 0.0256. The second kappa shape index (κ2) is 59.8. The van der Waals surface area contributed by atoms with Crippen molar-refractivity contribution in [3.8, 4) is 0 Å². The molecule has 1 atom stereocenters. The molecule has 0 aliphatic rings. The van der Waals surface area contributed by atoms with Crippen molar-refractivity contribution in [3.05, 3.63) is 24.3 Å². The van der Waals surface area contributed by atoms with E-state index in [1.54, 1.807) is 6.82 Å². The van der Waals surface area contributed by atoms with E-state index in [1.807, 2.05) is 0 Å². The van der Waals surface area contributed by atoms with Gasteiger partial charge in [-0.25, -0.2) is 0 Å². The zero-order valence-corrected chi connectivity index (χ0v) is 48.8. The number of rotatable bonds is 61. The van der Waals surface area contributed by atoms with E-state index in [0.29, 0.717) is 66.0 Å². The number of carbonyl (C=O) groups is 2. The molecule has 0 amide bonds. The van der Waals surface area contributed by atoms with Gasteiger partial charge >= 0.3 is 26.0 Å². The third kappa shape index (κ3) is 55.2. The van der Waals surface area contributed by atoms with Crippen LogP contribution in [0.1, 0.15) is 194 Å². The normalized spacial score (nSPS) is 12.3. The van der Waals surface area contributed by atoms with Crippen LogP contribution in [-0.2, 0) is 52.2 Å². The zero-order chi connectivity index (χ0) is 54.8. The number of hydrogen-bond donors (Lipinski definition) is 2. The van der Waals surface area contributed by atoms with Crippen molar-refractivity contribution in [2.45, 2.75) is 213 Å². The highest BCUT2D eigenvalue weighted by molar-refractivity contribution is 6.45. The van der Waals surface area contributed by atoms with Gasteiger partial charge in [-0.3, -0.25) is 9.59 Å². The number of ether oxygens (including phenoxy) is 9. The van der Waals surface area contributed by atoms with Gasteiger partial charge in [0.05, 0.1) is 79.2 Å². The Balaban J connectivity index is 4.24. The first-order valence-electron chi connectivity index (χ1n) is 30.2. The Kier molecular flexibility index (Phi) is 58.3. The van der Waals surface area contributed by atoms with E-state index in [1.165, 1.54) is 190 Å². The van der Waals surface area contributed by atoms with E-state index in [9.17, 15) is 19.6 Å². The minimum atomic E-state index is -0.960. The summed E-state index contributed by atoms with van der Waals surface area (Å²) in [5.41, 5.74) is 0. The number of carbonyl (C=O) groups excluding carboxylic acids is 2. The summed E-state index contributed by atoms with van der Waals surface area (Å²) in [5.74, 6) is -1.07. The smallest absolute Gasteiger partial charge is 0.377 e. The van der Waals surface area contributed by atoms with Crippen LogP contribution in [0.3, 0.4) is 0 Å². The van der Waals surface area contributed by atoms with E-state index >= 15 is 0 Å². The lowest BCUT2D eigenvalue weighted by molar-refractivity contribution is -0.146. The molecule has 0 heterocycles. The molecule has 17 heteroatoms. The Labute approximate surface area is 459 Å². The van der Waals surface area contributed by atoms with Crippen LogP contribution in [0, 0.1) is 0 Å². The van der Waals surface area contributed by atoms with Gasteiger partial charge in [0, 0.05) is 33.4 Å². The molecule has 0 aliphatic heterocycles. The lowest BCUT2D eigenvalue weighted by Crippen LogP contribution is -2.45. The number of methoxy groups -OCH3 is 1. The van der Waals surface area contributed by atoms with E-state index in [-0.39, 0.29) is 45.6 Å². The van der Waals surface area contributed by atoms with Crippen molar-refractivity contribution in [1.29, 1.82) is 0 Å². The first-order valence-corrected chi connectivity index (χ1v) is 30.2. The predicted molar refractivity (Wildman–Crippen MR) is 307 cm³/mol. The molecule has 2 N–H and O–H groups in total. The lowest BCUT2D eigenvalue weighted by atomic mass is 9.85. The summed E-state index contributed by atoms with van der Waals surface area (Å²) in [6.07, 6.45) is 45.6. The standard InChI is InChI=1S/C58H114B2N2O13/c1-6-8-10-12-14-16-18-20-22-24-26-28-30-32-34-36-40-71-54-56(73-41-37-35-33-31-29-27-25-23-21-19-17-15-13-11-9-7-2)55-72-49-48-69-45-44-68-46-47-70-50-51-75-58(64)53-62(60(4)66)39-43-74-57(63)52-61(59(3)65)38-42-67-5/h20-23,56,65-66H,6-19,24-55H2,1-5H3/b22-20-,23-21-. The molecule has 0 rings (SSSR count). The van der Waals surface area contributed by atoms with Crippen LogP contribution >= 0.6 is 0 Å². The SMILES string of the molecule is CCCCCCCC/C=C\CCCCCCCCOCC(COCCOCCOCCOCCOC(=O)CN(CCOC(=O)CN(CCOC)B(C)O)B(C)O)OCCCCCCCC/C=C\CCCCCCCC. The Morgan fingerprint density at radius 2 is 0.747 bits per heavy atom. The summed E-state index contributed by atoms with van der Waals surface area (Å²) in [4.78, 5) is 27.5. The third-order valence-corrected chi connectivity index (χ3v) is 13.0. The Bertz CT molecular complexity index is 1260. The highest BCUT2D eigenvalue weighted by Gasteiger charge is 2.23. The Morgan fingerprint density at radius 3 is 1.16 bits per heavy atom. The first kappa shape index (κ1) is 73.1. The van der Waals surface area contributed by atoms with Gasteiger partial charge in [-0.1, -0.05) is 154 Å². The molecule has 0 saturated carbocycles. The minimum Gasteiger partial charge on any atom is -0.463 e. The maximum Gasteiger partial charge on any atom is 0.377 e. The van der Waals surface area contributed by atoms with Gasteiger partial charge in [-0.05, 0) is 77.9 Å². The molecule has 0 aromatic rings. The largest absolute Gasteiger partial charge is 0.463 e. The number of unbranched alkanes of at least 4 members (excludes halogenated alkanes) is 24. The molecule has 0 radical (unpaired) electrons. The predicted octanol–water partition coefficient (Wildman–Crippen LogP) is 11.1. The fraction of sp³-hybridized carbons (Fsp3) is 0.897. The molecule has 0 aromatic carbocycles. The summed E-state index contributed by atoms with van der Waals surface area (Å²) in [7, 11) is -0.264. The second-order valence-electron chi connectivity index (χ2n) is 20.0. The molecular weight excluding hydrogens is 954 g/mol. The monoisotopic (exact) mass is 1070 g/mol. The average Bonchev–Trinajstić information content (AvgIpc) is 3.39. The van der Waals surface area contributed by atoms with E-state index in [2.05, 4.69) is 38.2 Å². The van der Waals surface area contributed by atoms with Crippen molar-refractivity contribution < 1.29 is 62.3 Å². The molecule has 0 fully saturated rings. The van der Waals surface area contributed by atoms with Crippen LogP contribution in [0.15, 0.2) is 24.3 Å². The minimum absolute atomic E-state index is 0.0419. The van der Waals surface area contributed by atoms with Gasteiger partial charge in [0.1, 0.15) is 19.3 Å². The maximum atomic E-state index is 12.4. The van der Waals surface area contributed by atoms with Crippen molar-refractivity contribution in [3.63, 3.8) is 0 Å². The average molecular weight is 1070 g/mol. The fourth-order valence-corrected chi connectivity index (χ4v) is 8.20. The molecule has 15 nitrogen and oxygen atoms in total. The molecule has 0 saturated heterocycles. The van der Waals surface area contributed by atoms with E-state index < -0.39 is 26.0 Å². The van der Waals surface area contributed by atoms with Gasteiger partial charge in [0.2, 0.25) is 0 Å². The maximum absolute atomic E-state index is 12.4. The van der Waals surface area contributed by atoms with Gasteiger partial charge in [0.25, 0.3) is 0 Å². The third-order valence-electron chi connectivity index (χ3n) is 13.0. The van der Waals surface area contributed by atoms with Gasteiger partial charge in [0.15, 0.2) is 0 Å². The molecule has 440 valence electrons. The molecule has 0 aromatic heterocycles. The van der Waals surface area contributed by atoms with Crippen molar-refractivity contribution in [2.75, 3.05) is 126 Å².